The predicted molar refractivity (Wildman–Crippen MR) is 71.3 cm³/mol. The van der Waals surface area contributed by atoms with Crippen molar-refractivity contribution in [1.29, 1.82) is 0 Å². The lowest BCUT2D eigenvalue weighted by molar-refractivity contribution is 0.00872. The Balaban J connectivity index is 1.99. The number of piperazine rings is 1. The van der Waals surface area contributed by atoms with E-state index >= 15 is 0 Å². The molecule has 3 nitrogen and oxygen atoms in total. The van der Waals surface area contributed by atoms with Gasteiger partial charge in [0.25, 0.3) is 0 Å². The second kappa shape index (κ2) is 5.68. The van der Waals surface area contributed by atoms with Crippen LogP contribution in [-0.2, 0) is 4.74 Å². The topological polar surface area (TPSA) is 24.5 Å². The molecule has 1 aliphatic heterocycles. The van der Waals surface area contributed by atoms with Gasteiger partial charge in [0, 0.05) is 37.8 Å². The molecule has 2 fully saturated rings. The largest absolute Gasteiger partial charge is 0.383 e. The number of rotatable bonds is 3. The monoisotopic (exact) mass is 240 g/mol. The Hall–Kier alpha value is -0.120. The van der Waals surface area contributed by atoms with Crippen LogP contribution < -0.4 is 5.32 Å². The minimum Gasteiger partial charge on any atom is -0.383 e. The van der Waals surface area contributed by atoms with Crippen LogP contribution in [-0.4, -0.2) is 49.3 Å². The molecule has 1 N–H and O–H groups in total. The van der Waals surface area contributed by atoms with E-state index in [4.69, 9.17) is 4.74 Å². The Kier molecular flexibility index (Phi) is 4.45. The average Bonchev–Trinajstić information content (AvgIpc) is 2.34. The van der Waals surface area contributed by atoms with Crippen LogP contribution >= 0.6 is 0 Å². The SMILES string of the molecule is COCC(C)N1CC2(CCCCC2)NCC1C. The summed E-state index contributed by atoms with van der Waals surface area (Å²) in [6.45, 7) is 7.81. The fourth-order valence-corrected chi connectivity index (χ4v) is 3.53. The van der Waals surface area contributed by atoms with E-state index in [0.717, 1.165) is 13.2 Å². The molecule has 0 aromatic carbocycles. The van der Waals surface area contributed by atoms with Crippen LogP contribution in [0.1, 0.15) is 46.0 Å². The van der Waals surface area contributed by atoms with Gasteiger partial charge < -0.3 is 10.1 Å². The van der Waals surface area contributed by atoms with Gasteiger partial charge in [0.15, 0.2) is 0 Å². The lowest BCUT2D eigenvalue weighted by Gasteiger charge is -2.50. The van der Waals surface area contributed by atoms with Crippen molar-refractivity contribution in [3.8, 4) is 0 Å². The van der Waals surface area contributed by atoms with E-state index in [1.54, 1.807) is 7.11 Å². The molecule has 0 aromatic heterocycles. The highest BCUT2D eigenvalue weighted by Crippen LogP contribution is 2.32. The van der Waals surface area contributed by atoms with Gasteiger partial charge in [-0.1, -0.05) is 19.3 Å². The molecule has 3 heteroatoms. The molecule has 2 unspecified atom stereocenters. The van der Waals surface area contributed by atoms with Crippen molar-refractivity contribution < 1.29 is 4.74 Å². The molecule has 2 rings (SSSR count). The Morgan fingerprint density at radius 3 is 2.71 bits per heavy atom. The molecule has 1 spiro atoms. The first-order chi connectivity index (χ1) is 8.17. The van der Waals surface area contributed by atoms with Crippen molar-refractivity contribution in [1.82, 2.24) is 10.2 Å². The highest BCUT2D eigenvalue weighted by Gasteiger charge is 2.39. The molecule has 2 atom stereocenters. The third-order valence-corrected chi connectivity index (χ3v) is 4.61. The normalized spacial score (nSPS) is 31.6. The van der Waals surface area contributed by atoms with Gasteiger partial charge in [-0.05, 0) is 26.7 Å². The van der Waals surface area contributed by atoms with Gasteiger partial charge in [0.1, 0.15) is 0 Å². The summed E-state index contributed by atoms with van der Waals surface area (Å²) in [6, 6.07) is 1.17. The van der Waals surface area contributed by atoms with Crippen molar-refractivity contribution in [2.75, 3.05) is 26.8 Å². The lowest BCUT2D eigenvalue weighted by Crippen LogP contribution is -2.66. The van der Waals surface area contributed by atoms with Crippen molar-refractivity contribution in [2.24, 2.45) is 0 Å². The zero-order valence-electron chi connectivity index (χ0n) is 11.7. The van der Waals surface area contributed by atoms with E-state index in [0.29, 0.717) is 17.6 Å². The van der Waals surface area contributed by atoms with E-state index in [1.807, 2.05) is 0 Å². The molecule has 1 aliphatic carbocycles. The van der Waals surface area contributed by atoms with Gasteiger partial charge in [-0.3, -0.25) is 4.90 Å². The summed E-state index contributed by atoms with van der Waals surface area (Å²) in [7, 11) is 1.81. The molecular weight excluding hydrogens is 212 g/mol. The van der Waals surface area contributed by atoms with E-state index in [9.17, 15) is 0 Å². The lowest BCUT2D eigenvalue weighted by atomic mass is 9.79. The summed E-state index contributed by atoms with van der Waals surface area (Å²) in [5.74, 6) is 0. The highest BCUT2D eigenvalue weighted by atomic mass is 16.5. The van der Waals surface area contributed by atoms with Crippen molar-refractivity contribution in [3.63, 3.8) is 0 Å². The summed E-state index contributed by atoms with van der Waals surface area (Å²) in [6.07, 6.45) is 6.93. The maximum absolute atomic E-state index is 5.32. The van der Waals surface area contributed by atoms with Crippen LogP contribution in [0.4, 0.5) is 0 Å². The maximum atomic E-state index is 5.32. The summed E-state index contributed by atoms with van der Waals surface area (Å²) >= 11 is 0. The van der Waals surface area contributed by atoms with Crippen molar-refractivity contribution in [2.45, 2.75) is 63.6 Å². The van der Waals surface area contributed by atoms with E-state index in [1.165, 1.54) is 38.6 Å². The van der Waals surface area contributed by atoms with Gasteiger partial charge in [-0.25, -0.2) is 0 Å². The van der Waals surface area contributed by atoms with Crippen molar-refractivity contribution in [3.05, 3.63) is 0 Å². The van der Waals surface area contributed by atoms with E-state index < -0.39 is 0 Å². The molecule has 0 radical (unpaired) electrons. The summed E-state index contributed by atoms with van der Waals surface area (Å²) < 4.78 is 5.32. The number of hydrogen-bond acceptors (Lipinski definition) is 3. The third kappa shape index (κ3) is 3.01. The quantitative estimate of drug-likeness (QED) is 0.817. The van der Waals surface area contributed by atoms with Crippen LogP contribution in [0.2, 0.25) is 0 Å². The van der Waals surface area contributed by atoms with Crippen LogP contribution in [0.3, 0.4) is 0 Å². The zero-order chi connectivity index (χ0) is 12.3. The summed E-state index contributed by atoms with van der Waals surface area (Å²) in [4.78, 5) is 2.64. The smallest absolute Gasteiger partial charge is 0.0615 e. The first-order valence-corrected chi connectivity index (χ1v) is 7.16. The average molecular weight is 240 g/mol. The van der Waals surface area contributed by atoms with Crippen LogP contribution in [0.5, 0.6) is 0 Å². The Bertz CT molecular complexity index is 238. The Labute approximate surface area is 106 Å². The predicted octanol–water partition coefficient (Wildman–Crippen LogP) is 2.02. The zero-order valence-corrected chi connectivity index (χ0v) is 11.7. The van der Waals surface area contributed by atoms with Crippen LogP contribution in [0.15, 0.2) is 0 Å². The highest BCUT2D eigenvalue weighted by molar-refractivity contribution is 4.99. The third-order valence-electron chi connectivity index (χ3n) is 4.61. The van der Waals surface area contributed by atoms with Crippen LogP contribution in [0.25, 0.3) is 0 Å². The molecule has 1 saturated heterocycles. The Morgan fingerprint density at radius 2 is 2.06 bits per heavy atom. The fourth-order valence-electron chi connectivity index (χ4n) is 3.53. The number of nitrogens with zero attached hydrogens (tertiary/aromatic N) is 1. The Morgan fingerprint density at radius 1 is 1.35 bits per heavy atom. The van der Waals surface area contributed by atoms with Crippen LogP contribution in [0, 0.1) is 0 Å². The van der Waals surface area contributed by atoms with Gasteiger partial charge in [0.2, 0.25) is 0 Å². The molecule has 0 amide bonds. The number of ether oxygens (including phenoxy) is 1. The standard InChI is InChI=1S/C14H28N2O/c1-12-9-15-14(7-5-4-6-8-14)11-16(12)13(2)10-17-3/h12-13,15H,4-11H2,1-3H3. The first-order valence-electron chi connectivity index (χ1n) is 7.16. The molecule has 0 aromatic rings. The van der Waals surface area contributed by atoms with Crippen molar-refractivity contribution >= 4 is 0 Å². The van der Waals surface area contributed by atoms with Gasteiger partial charge in [0.05, 0.1) is 6.61 Å². The minimum atomic E-state index is 0.409. The second-order valence-electron chi connectivity index (χ2n) is 6.05. The minimum absolute atomic E-state index is 0.409. The van der Waals surface area contributed by atoms with E-state index in [2.05, 4.69) is 24.1 Å². The molecular formula is C14H28N2O. The van der Waals surface area contributed by atoms with Gasteiger partial charge >= 0.3 is 0 Å². The molecule has 2 aliphatic rings. The fraction of sp³-hybridized carbons (Fsp3) is 1.00. The first kappa shape index (κ1) is 13.3. The molecule has 1 heterocycles. The van der Waals surface area contributed by atoms with Gasteiger partial charge in [-0.15, -0.1) is 0 Å². The maximum Gasteiger partial charge on any atom is 0.0615 e. The van der Waals surface area contributed by atoms with E-state index in [-0.39, 0.29) is 0 Å². The molecule has 100 valence electrons. The number of hydrogen-bond donors (Lipinski definition) is 1. The summed E-state index contributed by atoms with van der Waals surface area (Å²) in [5, 5.41) is 3.83. The molecule has 17 heavy (non-hydrogen) atoms. The number of methoxy groups -OCH3 is 1. The molecule has 1 saturated carbocycles. The van der Waals surface area contributed by atoms with Gasteiger partial charge in [-0.2, -0.15) is 0 Å². The summed E-state index contributed by atoms with van der Waals surface area (Å²) in [5.41, 5.74) is 0.409. The molecule has 0 bridgehead atoms. The number of nitrogens with one attached hydrogen (secondary N) is 1. The second-order valence-corrected chi connectivity index (χ2v) is 6.05.